The van der Waals surface area contributed by atoms with Gasteiger partial charge in [-0.3, -0.25) is 4.79 Å². The number of carbonyl (C=O) groups is 2. The Morgan fingerprint density at radius 1 is 1.17 bits per heavy atom. The number of methoxy groups -OCH3 is 1. The number of ether oxygens (including phenoxy) is 1. The Labute approximate surface area is 139 Å². The summed E-state index contributed by atoms with van der Waals surface area (Å²) in [5, 5.41) is 3.51. The van der Waals surface area contributed by atoms with Crippen LogP contribution < -0.4 is 5.32 Å². The van der Waals surface area contributed by atoms with E-state index < -0.39 is 5.97 Å². The number of nitrogens with one attached hydrogen (secondary N) is 1. The number of esters is 1. The summed E-state index contributed by atoms with van der Waals surface area (Å²) in [7, 11) is 1.35. The molecule has 1 amide bonds. The number of carbonyl (C=O) groups excluding carboxylic acids is 2. The van der Waals surface area contributed by atoms with Crippen LogP contribution in [0.4, 0.5) is 5.00 Å². The fourth-order valence-corrected chi connectivity index (χ4v) is 3.95. The highest BCUT2D eigenvalue weighted by Gasteiger charge is 2.25. The quantitative estimate of drug-likeness (QED) is 0.849. The molecule has 3 rings (SSSR count). The van der Waals surface area contributed by atoms with E-state index >= 15 is 0 Å². The molecule has 1 saturated carbocycles. The van der Waals surface area contributed by atoms with Crippen LogP contribution in [0.3, 0.4) is 0 Å². The van der Waals surface area contributed by atoms with E-state index in [1.807, 2.05) is 30.3 Å². The summed E-state index contributed by atoms with van der Waals surface area (Å²) < 4.78 is 4.85. The molecule has 0 unspecified atom stereocenters. The third-order valence-electron chi connectivity index (χ3n) is 4.16. The SMILES string of the molecule is COC(=O)c1cc(-c2ccccc2)sc1NC(=O)C1CCCC1. The van der Waals surface area contributed by atoms with Crippen LogP contribution in [0, 0.1) is 5.92 Å². The largest absolute Gasteiger partial charge is 0.465 e. The number of rotatable bonds is 4. The molecule has 0 spiro atoms. The molecule has 1 aliphatic rings. The minimum absolute atomic E-state index is 0.00844. The van der Waals surface area contributed by atoms with E-state index in [-0.39, 0.29) is 11.8 Å². The summed E-state index contributed by atoms with van der Waals surface area (Å²) in [5.41, 5.74) is 1.44. The third kappa shape index (κ3) is 3.45. The monoisotopic (exact) mass is 329 g/mol. The Bertz CT molecular complexity index is 702. The molecule has 5 heteroatoms. The van der Waals surface area contributed by atoms with Gasteiger partial charge in [-0.25, -0.2) is 4.79 Å². The number of thiophene rings is 1. The zero-order valence-corrected chi connectivity index (χ0v) is 13.8. The standard InChI is InChI=1S/C18H19NO3S/c1-22-18(21)14-11-15(12-7-3-2-4-8-12)23-17(14)19-16(20)13-9-5-6-10-13/h2-4,7-8,11,13H,5-6,9-10H2,1H3,(H,19,20). The molecule has 1 aromatic heterocycles. The highest BCUT2D eigenvalue weighted by atomic mass is 32.1. The van der Waals surface area contributed by atoms with Gasteiger partial charge >= 0.3 is 5.97 Å². The summed E-state index contributed by atoms with van der Waals surface area (Å²) in [6, 6.07) is 11.6. The van der Waals surface area contributed by atoms with Crippen LogP contribution in [-0.2, 0) is 9.53 Å². The molecule has 1 aliphatic carbocycles. The van der Waals surface area contributed by atoms with Crippen molar-refractivity contribution < 1.29 is 14.3 Å². The molecular weight excluding hydrogens is 310 g/mol. The molecule has 1 heterocycles. The number of amides is 1. The van der Waals surface area contributed by atoms with Gasteiger partial charge in [-0.2, -0.15) is 0 Å². The first-order valence-electron chi connectivity index (χ1n) is 7.77. The second kappa shape index (κ2) is 6.96. The van der Waals surface area contributed by atoms with Crippen molar-refractivity contribution in [3.63, 3.8) is 0 Å². The van der Waals surface area contributed by atoms with Crippen molar-refractivity contribution in [2.24, 2.45) is 5.92 Å². The van der Waals surface area contributed by atoms with E-state index in [0.717, 1.165) is 36.1 Å². The first-order valence-corrected chi connectivity index (χ1v) is 8.59. The minimum Gasteiger partial charge on any atom is -0.465 e. The lowest BCUT2D eigenvalue weighted by Gasteiger charge is -2.09. The van der Waals surface area contributed by atoms with Gasteiger partial charge in [0.15, 0.2) is 0 Å². The van der Waals surface area contributed by atoms with Crippen LogP contribution in [0.5, 0.6) is 0 Å². The van der Waals surface area contributed by atoms with Gasteiger partial charge in [0.2, 0.25) is 5.91 Å². The predicted molar refractivity (Wildman–Crippen MR) is 91.7 cm³/mol. The van der Waals surface area contributed by atoms with E-state index in [1.54, 1.807) is 6.07 Å². The second-order valence-corrected chi connectivity index (χ2v) is 6.73. The number of hydrogen-bond acceptors (Lipinski definition) is 4. The first kappa shape index (κ1) is 15.7. The molecule has 1 aromatic carbocycles. The molecule has 0 atom stereocenters. The molecule has 120 valence electrons. The lowest BCUT2D eigenvalue weighted by atomic mass is 10.1. The zero-order chi connectivity index (χ0) is 16.2. The van der Waals surface area contributed by atoms with Crippen molar-refractivity contribution in [3.05, 3.63) is 42.0 Å². The van der Waals surface area contributed by atoms with Crippen molar-refractivity contribution in [1.29, 1.82) is 0 Å². The summed E-state index contributed by atoms with van der Waals surface area (Å²) in [6.45, 7) is 0. The fourth-order valence-electron chi connectivity index (χ4n) is 2.89. The van der Waals surface area contributed by atoms with Crippen molar-refractivity contribution >= 4 is 28.2 Å². The molecule has 0 bridgehead atoms. The number of hydrogen-bond donors (Lipinski definition) is 1. The maximum atomic E-state index is 12.4. The molecule has 4 nitrogen and oxygen atoms in total. The average Bonchev–Trinajstić information content (AvgIpc) is 3.25. The van der Waals surface area contributed by atoms with Crippen LogP contribution in [0.1, 0.15) is 36.0 Å². The summed E-state index contributed by atoms with van der Waals surface area (Å²) in [4.78, 5) is 25.3. The van der Waals surface area contributed by atoms with Crippen LogP contribution >= 0.6 is 11.3 Å². The number of benzene rings is 1. The first-order chi connectivity index (χ1) is 11.2. The normalized spacial score (nSPS) is 14.7. The van der Waals surface area contributed by atoms with Gasteiger partial charge in [-0.15, -0.1) is 11.3 Å². The van der Waals surface area contributed by atoms with Gasteiger partial charge in [0.1, 0.15) is 5.00 Å². The van der Waals surface area contributed by atoms with Crippen LogP contribution in [-0.4, -0.2) is 19.0 Å². The van der Waals surface area contributed by atoms with Crippen molar-refractivity contribution in [3.8, 4) is 10.4 Å². The lowest BCUT2D eigenvalue weighted by Crippen LogP contribution is -2.20. The number of anilines is 1. The Balaban J connectivity index is 1.89. The van der Waals surface area contributed by atoms with E-state index in [1.165, 1.54) is 18.4 Å². The highest BCUT2D eigenvalue weighted by Crippen LogP contribution is 2.37. The lowest BCUT2D eigenvalue weighted by molar-refractivity contribution is -0.119. The van der Waals surface area contributed by atoms with Gasteiger partial charge in [0, 0.05) is 10.8 Å². The molecule has 2 aromatic rings. The topological polar surface area (TPSA) is 55.4 Å². The summed E-state index contributed by atoms with van der Waals surface area (Å²) >= 11 is 1.41. The van der Waals surface area contributed by atoms with Gasteiger partial charge in [0.05, 0.1) is 12.7 Å². The summed E-state index contributed by atoms with van der Waals surface area (Å²) in [5.74, 6) is -0.359. The van der Waals surface area contributed by atoms with Gasteiger partial charge in [-0.1, -0.05) is 43.2 Å². The van der Waals surface area contributed by atoms with Gasteiger partial charge in [-0.05, 0) is 24.5 Å². The van der Waals surface area contributed by atoms with E-state index in [0.29, 0.717) is 10.6 Å². The molecule has 0 radical (unpaired) electrons. The molecule has 1 fully saturated rings. The van der Waals surface area contributed by atoms with Crippen molar-refractivity contribution in [1.82, 2.24) is 0 Å². The zero-order valence-electron chi connectivity index (χ0n) is 13.0. The molecule has 0 aliphatic heterocycles. The Hall–Kier alpha value is -2.14. The van der Waals surface area contributed by atoms with E-state index in [9.17, 15) is 9.59 Å². The predicted octanol–water partition coefficient (Wildman–Crippen LogP) is 4.33. The Kier molecular flexibility index (Phi) is 4.76. The van der Waals surface area contributed by atoms with Crippen LogP contribution in [0.15, 0.2) is 36.4 Å². The Morgan fingerprint density at radius 3 is 2.52 bits per heavy atom. The van der Waals surface area contributed by atoms with E-state index in [2.05, 4.69) is 5.32 Å². The van der Waals surface area contributed by atoms with Gasteiger partial charge < -0.3 is 10.1 Å². The van der Waals surface area contributed by atoms with Crippen LogP contribution in [0.25, 0.3) is 10.4 Å². The Morgan fingerprint density at radius 2 is 1.87 bits per heavy atom. The van der Waals surface area contributed by atoms with Crippen LogP contribution in [0.2, 0.25) is 0 Å². The van der Waals surface area contributed by atoms with Crippen molar-refractivity contribution in [2.45, 2.75) is 25.7 Å². The maximum absolute atomic E-state index is 12.4. The van der Waals surface area contributed by atoms with E-state index in [4.69, 9.17) is 4.74 Å². The van der Waals surface area contributed by atoms with Gasteiger partial charge in [0.25, 0.3) is 0 Å². The maximum Gasteiger partial charge on any atom is 0.340 e. The molecule has 23 heavy (non-hydrogen) atoms. The smallest absolute Gasteiger partial charge is 0.340 e. The summed E-state index contributed by atoms with van der Waals surface area (Å²) in [6.07, 6.45) is 4.05. The van der Waals surface area contributed by atoms with Crippen molar-refractivity contribution in [2.75, 3.05) is 12.4 Å². The second-order valence-electron chi connectivity index (χ2n) is 5.68. The minimum atomic E-state index is -0.426. The average molecular weight is 329 g/mol. The fraction of sp³-hybridized carbons (Fsp3) is 0.333. The molecule has 0 saturated heterocycles. The highest BCUT2D eigenvalue weighted by molar-refractivity contribution is 7.20. The molecular formula is C18H19NO3S. The third-order valence-corrected chi connectivity index (χ3v) is 5.26. The molecule has 1 N–H and O–H groups in total.